The van der Waals surface area contributed by atoms with E-state index in [1.54, 1.807) is 54.7 Å². The molecule has 0 aliphatic carbocycles. The summed E-state index contributed by atoms with van der Waals surface area (Å²) in [5, 5.41) is 5.36. The van der Waals surface area contributed by atoms with Crippen molar-refractivity contribution in [2.75, 3.05) is 28.7 Å². The van der Waals surface area contributed by atoms with Crippen molar-refractivity contribution in [3.05, 3.63) is 66.8 Å². The van der Waals surface area contributed by atoms with Crippen molar-refractivity contribution in [1.29, 1.82) is 0 Å². The number of nitrogens with zero attached hydrogens (tertiary/aromatic N) is 2. The lowest BCUT2D eigenvalue weighted by molar-refractivity contribution is -0.123. The lowest BCUT2D eigenvalue weighted by Crippen LogP contribution is -2.44. The molecule has 0 bridgehead atoms. The number of hydrogen-bond donors (Lipinski definition) is 2. The number of hydrogen-bond acceptors (Lipinski definition) is 6. The fourth-order valence-corrected chi connectivity index (χ4v) is 2.81. The maximum Gasteiger partial charge on any atom is 0.291 e. The van der Waals surface area contributed by atoms with Crippen LogP contribution >= 0.6 is 0 Å². The Balaban J connectivity index is 1.41. The minimum Gasteiger partial charge on any atom is -0.484 e. The molecule has 4 rings (SSSR count). The summed E-state index contributed by atoms with van der Waals surface area (Å²) in [5.74, 6) is -0.170. The van der Waals surface area contributed by atoms with Gasteiger partial charge in [-0.05, 0) is 36.4 Å². The Labute approximate surface area is 165 Å². The van der Waals surface area contributed by atoms with Crippen molar-refractivity contribution in [1.82, 2.24) is 4.98 Å². The van der Waals surface area contributed by atoms with Crippen LogP contribution in [0.4, 0.5) is 17.2 Å². The van der Waals surface area contributed by atoms with Gasteiger partial charge in [0.2, 0.25) is 5.91 Å². The maximum atomic E-state index is 12.6. The zero-order chi connectivity index (χ0) is 20.2. The summed E-state index contributed by atoms with van der Waals surface area (Å²) in [6.45, 7) is -0.426. The molecule has 3 heterocycles. The van der Waals surface area contributed by atoms with Gasteiger partial charge in [0.15, 0.2) is 18.2 Å². The highest BCUT2D eigenvalue weighted by molar-refractivity contribution is 6.09. The third-order valence-corrected chi connectivity index (χ3v) is 4.12. The van der Waals surface area contributed by atoms with E-state index in [0.29, 0.717) is 22.9 Å². The molecule has 0 atom stereocenters. The number of carbonyl (C=O) groups is 3. The quantitative estimate of drug-likeness (QED) is 0.689. The average molecular weight is 392 g/mol. The molecule has 29 heavy (non-hydrogen) atoms. The Hall–Kier alpha value is -4.14. The molecule has 1 aromatic carbocycles. The molecular formula is C20H16N4O5. The standard InChI is InChI=1S/C20H16N4O5/c25-17-11-24(19-15(23-17)6-2-8-21-19)18(26)12-29-14-5-1-4-13(10-14)22-20(27)16-7-3-9-28-16/h1-10H,11-12H2,(H,22,27)(H,23,25). The van der Waals surface area contributed by atoms with E-state index in [4.69, 9.17) is 9.15 Å². The van der Waals surface area contributed by atoms with Crippen LogP contribution in [-0.2, 0) is 9.59 Å². The summed E-state index contributed by atoms with van der Waals surface area (Å²) >= 11 is 0. The highest BCUT2D eigenvalue weighted by atomic mass is 16.5. The first-order valence-corrected chi connectivity index (χ1v) is 8.73. The number of anilines is 3. The predicted molar refractivity (Wildman–Crippen MR) is 104 cm³/mol. The van der Waals surface area contributed by atoms with Crippen molar-refractivity contribution in [3.63, 3.8) is 0 Å². The van der Waals surface area contributed by atoms with Gasteiger partial charge in [-0.25, -0.2) is 4.98 Å². The van der Waals surface area contributed by atoms with E-state index < -0.39 is 11.8 Å². The van der Waals surface area contributed by atoms with Crippen molar-refractivity contribution < 1.29 is 23.5 Å². The van der Waals surface area contributed by atoms with Crippen LogP contribution in [0.5, 0.6) is 5.75 Å². The summed E-state index contributed by atoms with van der Waals surface area (Å²) in [6.07, 6.45) is 2.95. The number of ether oxygens (including phenoxy) is 1. The molecule has 0 saturated carbocycles. The summed E-state index contributed by atoms with van der Waals surface area (Å²) < 4.78 is 10.6. The molecule has 0 unspecified atom stereocenters. The van der Waals surface area contributed by atoms with Crippen LogP contribution in [0.1, 0.15) is 10.6 Å². The lowest BCUT2D eigenvalue weighted by Gasteiger charge is -2.27. The molecule has 9 heteroatoms. The third kappa shape index (κ3) is 4.08. The van der Waals surface area contributed by atoms with Gasteiger partial charge in [-0.3, -0.25) is 19.3 Å². The predicted octanol–water partition coefficient (Wildman–Crippen LogP) is 2.29. The summed E-state index contributed by atoms with van der Waals surface area (Å²) in [6, 6.07) is 13.1. The number of pyridine rings is 1. The number of nitrogens with one attached hydrogen (secondary N) is 2. The summed E-state index contributed by atoms with van der Waals surface area (Å²) in [7, 11) is 0. The molecule has 0 spiro atoms. The lowest BCUT2D eigenvalue weighted by atomic mass is 10.2. The van der Waals surface area contributed by atoms with E-state index >= 15 is 0 Å². The molecule has 1 aliphatic rings. The van der Waals surface area contributed by atoms with Gasteiger partial charge in [-0.15, -0.1) is 0 Å². The molecule has 2 N–H and O–H groups in total. The van der Waals surface area contributed by atoms with Crippen LogP contribution in [0.25, 0.3) is 0 Å². The Morgan fingerprint density at radius 2 is 2.10 bits per heavy atom. The minimum atomic E-state index is -0.412. The van der Waals surface area contributed by atoms with Gasteiger partial charge in [0.1, 0.15) is 12.3 Å². The van der Waals surface area contributed by atoms with Gasteiger partial charge in [-0.1, -0.05) is 6.07 Å². The minimum absolute atomic E-state index is 0.133. The number of benzene rings is 1. The Morgan fingerprint density at radius 1 is 1.21 bits per heavy atom. The highest BCUT2D eigenvalue weighted by Gasteiger charge is 2.28. The second kappa shape index (κ2) is 7.85. The van der Waals surface area contributed by atoms with Crippen LogP contribution in [0, 0.1) is 0 Å². The van der Waals surface area contributed by atoms with E-state index in [-0.39, 0.29) is 24.8 Å². The highest BCUT2D eigenvalue weighted by Crippen LogP contribution is 2.26. The largest absolute Gasteiger partial charge is 0.484 e. The molecule has 2 aromatic heterocycles. The molecule has 3 amide bonds. The van der Waals surface area contributed by atoms with Crippen molar-refractivity contribution in [2.24, 2.45) is 0 Å². The first-order chi connectivity index (χ1) is 14.1. The Kier molecular flexibility index (Phi) is 4.93. The third-order valence-electron chi connectivity index (χ3n) is 4.12. The fraction of sp³-hybridized carbons (Fsp3) is 0.100. The topological polar surface area (TPSA) is 114 Å². The van der Waals surface area contributed by atoms with Crippen LogP contribution in [0.3, 0.4) is 0 Å². The number of fused-ring (bicyclic) bond motifs is 1. The van der Waals surface area contributed by atoms with Gasteiger partial charge in [0.25, 0.3) is 11.8 Å². The van der Waals surface area contributed by atoms with E-state index in [1.807, 2.05) is 0 Å². The second-order valence-corrected chi connectivity index (χ2v) is 6.15. The fourth-order valence-electron chi connectivity index (χ4n) is 2.81. The molecular weight excluding hydrogens is 376 g/mol. The number of furan rings is 1. The normalized spacial score (nSPS) is 12.7. The zero-order valence-corrected chi connectivity index (χ0v) is 15.1. The van der Waals surface area contributed by atoms with E-state index in [0.717, 1.165) is 0 Å². The maximum absolute atomic E-state index is 12.6. The number of carbonyl (C=O) groups excluding carboxylic acids is 3. The first kappa shape index (κ1) is 18.2. The molecule has 0 radical (unpaired) electrons. The first-order valence-electron chi connectivity index (χ1n) is 8.73. The smallest absolute Gasteiger partial charge is 0.291 e. The van der Waals surface area contributed by atoms with Gasteiger partial charge >= 0.3 is 0 Å². The zero-order valence-electron chi connectivity index (χ0n) is 15.1. The molecule has 0 fully saturated rings. The summed E-state index contributed by atoms with van der Waals surface area (Å²) in [5.41, 5.74) is 0.959. The van der Waals surface area contributed by atoms with Crippen molar-refractivity contribution in [2.45, 2.75) is 0 Å². The van der Waals surface area contributed by atoms with Gasteiger partial charge in [0.05, 0.1) is 12.0 Å². The molecule has 3 aromatic rings. The van der Waals surface area contributed by atoms with Crippen molar-refractivity contribution in [3.8, 4) is 5.75 Å². The van der Waals surface area contributed by atoms with E-state index in [2.05, 4.69) is 15.6 Å². The molecule has 146 valence electrons. The number of aromatic nitrogens is 1. The van der Waals surface area contributed by atoms with E-state index in [9.17, 15) is 14.4 Å². The Bertz CT molecular complexity index is 1060. The average Bonchev–Trinajstić information content (AvgIpc) is 3.27. The monoisotopic (exact) mass is 392 g/mol. The van der Waals surface area contributed by atoms with Crippen molar-refractivity contribution >= 4 is 34.9 Å². The Morgan fingerprint density at radius 3 is 2.93 bits per heavy atom. The van der Waals surface area contributed by atoms with Crippen LogP contribution in [-0.4, -0.2) is 35.9 Å². The number of amides is 3. The SMILES string of the molecule is O=C1CN(C(=O)COc2cccc(NC(=O)c3ccco3)c2)c2ncccc2N1. The number of rotatable bonds is 5. The molecule has 1 aliphatic heterocycles. The van der Waals surface area contributed by atoms with Gasteiger partial charge in [0, 0.05) is 18.0 Å². The van der Waals surface area contributed by atoms with Gasteiger partial charge < -0.3 is 19.8 Å². The van der Waals surface area contributed by atoms with Crippen LogP contribution < -0.4 is 20.3 Å². The van der Waals surface area contributed by atoms with Crippen LogP contribution in [0.15, 0.2) is 65.4 Å². The van der Waals surface area contributed by atoms with E-state index in [1.165, 1.54) is 11.2 Å². The second-order valence-electron chi connectivity index (χ2n) is 6.15. The summed E-state index contributed by atoms with van der Waals surface area (Å²) in [4.78, 5) is 41.9. The molecule has 9 nitrogen and oxygen atoms in total. The molecule has 0 saturated heterocycles. The van der Waals surface area contributed by atoms with Gasteiger partial charge in [-0.2, -0.15) is 0 Å². The van der Waals surface area contributed by atoms with Crippen LogP contribution in [0.2, 0.25) is 0 Å².